The van der Waals surface area contributed by atoms with Gasteiger partial charge < -0.3 is 9.84 Å². The second kappa shape index (κ2) is 5.11. The minimum Gasteiger partial charge on any atom is -0.493 e. The predicted molar refractivity (Wildman–Crippen MR) is 77.3 cm³/mol. The summed E-state index contributed by atoms with van der Waals surface area (Å²) in [6, 6.07) is 7.93. The van der Waals surface area contributed by atoms with E-state index < -0.39 is 6.10 Å². The van der Waals surface area contributed by atoms with Crippen LogP contribution < -0.4 is 4.74 Å². The van der Waals surface area contributed by atoms with Crippen molar-refractivity contribution in [3.63, 3.8) is 0 Å². The third-order valence-electron chi connectivity index (χ3n) is 3.67. The Hall–Kier alpha value is -1.52. The van der Waals surface area contributed by atoms with Crippen LogP contribution in [0.4, 0.5) is 0 Å². The lowest BCUT2D eigenvalue weighted by molar-refractivity contribution is 0.119. The number of hydrogen-bond donors (Lipinski definition) is 1. The highest BCUT2D eigenvalue weighted by molar-refractivity contribution is 6.31. The van der Waals surface area contributed by atoms with Crippen molar-refractivity contribution in [3.8, 4) is 5.75 Å². The minimum absolute atomic E-state index is 0.113. The molecule has 0 saturated heterocycles. The van der Waals surface area contributed by atoms with Crippen LogP contribution in [-0.4, -0.2) is 21.5 Å². The van der Waals surface area contributed by atoms with Gasteiger partial charge in [0, 0.05) is 11.6 Å². The third kappa shape index (κ3) is 2.09. The van der Waals surface area contributed by atoms with Crippen molar-refractivity contribution in [1.82, 2.24) is 9.78 Å². The van der Waals surface area contributed by atoms with E-state index in [1.54, 1.807) is 10.9 Å². The van der Waals surface area contributed by atoms with E-state index in [0.29, 0.717) is 17.3 Å². The molecule has 0 aliphatic carbocycles. The van der Waals surface area contributed by atoms with Crippen LogP contribution in [0.3, 0.4) is 0 Å². The maximum Gasteiger partial charge on any atom is 0.123 e. The monoisotopic (exact) mass is 292 g/mol. The molecule has 0 spiro atoms. The number of rotatable bonds is 3. The Morgan fingerprint density at radius 3 is 2.90 bits per heavy atom. The summed E-state index contributed by atoms with van der Waals surface area (Å²) in [5, 5.41) is 15.5. The molecule has 0 fully saturated rings. The molecule has 20 heavy (non-hydrogen) atoms. The van der Waals surface area contributed by atoms with Gasteiger partial charge in [0.2, 0.25) is 0 Å². The molecule has 5 heteroatoms. The number of halogens is 1. The van der Waals surface area contributed by atoms with Crippen molar-refractivity contribution in [2.45, 2.75) is 31.9 Å². The van der Waals surface area contributed by atoms with E-state index in [2.05, 4.69) is 5.10 Å². The number of aromatic nitrogens is 2. The zero-order valence-electron chi connectivity index (χ0n) is 11.5. The highest BCUT2D eigenvalue weighted by Crippen LogP contribution is 2.42. The van der Waals surface area contributed by atoms with Crippen LogP contribution in [0.15, 0.2) is 30.5 Å². The normalized spacial score (nSPS) is 18.9. The van der Waals surface area contributed by atoms with E-state index in [1.165, 1.54) is 0 Å². The molecule has 3 rings (SSSR count). The number of hydrogen-bond acceptors (Lipinski definition) is 3. The van der Waals surface area contributed by atoms with E-state index in [0.717, 1.165) is 11.3 Å². The molecule has 0 radical (unpaired) electrons. The SMILES string of the molecule is CC(C)n1ncc(Cl)c1C(O)C1COc2ccccc21. The number of aliphatic hydroxyl groups is 1. The Balaban J connectivity index is 1.99. The van der Waals surface area contributed by atoms with Crippen molar-refractivity contribution >= 4 is 11.6 Å². The molecule has 1 aliphatic rings. The predicted octanol–water partition coefficient (Wildman–Crippen LogP) is 3.33. The molecule has 1 aromatic heterocycles. The fourth-order valence-corrected chi connectivity index (χ4v) is 2.92. The molecule has 1 aliphatic heterocycles. The fraction of sp³-hybridized carbons (Fsp3) is 0.400. The van der Waals surface area contributed by atoms with Crippen LogP contribution in [0.25, 0.3) is 0 Å². The van der Waals surface area contributed by atoms with Gasteiger partial charge in [-0.25, -0.2) is 0 Å². The van der Waals surface area contributed by atoms with Crippen LogP contribution in [0.5, 0.6) is 5.75 Å². The number of fused-ring (bicyclic) bond motifs is 1. The number of benzene rings is 1. The lowest BCUT2D eigenvalue weighted by Gasteiger charge is -2.21. The second-order valence-corrected chi connectivity index (χ2v) is 5.72. The molecule has 1 aromatic carbocycles. The molecule has 0 bridgehead atoms. The van der Waals surface area contributed by atoms with Gasteiger partial charge in [-0.15, -0.1) is 0 Å². The zero-order valence-corrected chi connectivity index (χ0v) is 12.2. The van der Waals surface area contributed by atoms with E-state index in [9.17, 15) is 5.11 Å². The highest BCUT2D eigenvalue weighted by Gasteiger charge is 2.34. The smallest absolute Gasteiger partial charge is 0.123 e. The first-order valence-corrected chi connectivity index (χ1v) is 7.10. The molecule has 1 N–H and O–H groups in total. The summed E-state index contributed by atoms with van der Waals surface area (Å²) in [6.07, 6.45) is 0.859. The lowest BCUT2D eigenvalue weighted by atomic mass is 9.93. The van der Waals surface area contributed by atoms with Crippen LogP contribution in [0.2, 0.25) is 5.02 Å². The number of ether oxygens (including phenoxy) is 1. The van der Waals surface area contributed by atoms with Crippen molar-refractivity contribution in [2.24, 2.45) is 0 Å². The van der Waals surface area contributed by atoms with Crippen molar-refractivity contribution in [1.29, 1.82) is 0 Å². The van der Waals surface area contributed by atoms with Gasteiger partial charge in [0.25, 0.3) is 0 Å². The summed E-state index contributed by atoms with van der Waals surface area (Å²) in [7, 11) is 0. The number of para-hydroxylation sites is 1. The molecule has 0 amide bonds. The molecule has 2 atom stereocenters. The van der Waals surface area contributed by atoms with Gasteiger partial charge in [0.05, 0.1) is 29.4 Å². The summed E-state index contributed by atoms with van der Waals surface area (Å²) < 4.78 is 7.41. The summed E-state index contributed by atoms with van der Waals surface area (Å²) in [5.74, 6) is 0.723. The second-order valence-electron chi connectivity index (χ2n) is 5.32. The first-order valence-electron chi connectivity index (χ1n) is 6.72. The maximum atomic E-state index is 10.7. The Kier molecular flexibility index (Phi) is 3.44. The average Bonchev–Trinajstić information content (AvgIpc) is 3.01. The van der Waals surface area contributed by atoms with Crippen LogP contribution in [0.1, 0.15) is 43.2 Å². The largest absolute Gasteiger partial charge is 0.493 e. The van der Waals surface area contributed by atoms with Gasteiger partial charge in [0.15, 0.2) is 0 Å². The molecule has 4 nitrogen and oxygen atoms in total. The van der Waals surface area contributed by atoms with Crippen LogP contribution in [0, 0.1) is 0 Å². The quantitative estimate of drug-likeness (QED) is 0.944. The van der Waals surface area contributed by atoms with Crippen molar-refractivity contribution in [2.75, 3.05) is 6.61 Å². The summed E-state index contributed by atoms with van der Waals surface area (Å²) in [4.78, 5) is 0. The molecule has 2 heterocycles. The molecule has 106 valence electrons. The van der Waals surface area contributed by atoms with Crippen molar-refractivity contribution in [3.05, 3.63) is 46.7 Å². The van der Waals surface area contributed by atoms with Crippen LogP contribution >= 0.6 is 11.6 Å². The molecular weight excluding hydrogens is 276 g/mol. The average molecular weight is 293 g/mol. The molecule has 2 aromatic rings. The summed E-state index contributed by atoms with van der Waals surface area (Å²) >= 11 is 6.21. The van der Waals surface area contributed by atoms with E-state index in [-0.39, 0.29) is 12.0 Å². The molecule has 0 saturated carbocycles. The first-order chi connectivity index (χ1) is 9.59. The van der Waals surface area contributed by atoms with E-state index >= 15 is 0 Å². The first kappa shape index (κ1) is 13.5. The third-order valence-corrected chi connectivity index (χ3v) is 3.97. The van der Waals surface area contributed by atoms with Gasteiger partial charge in [-0.3, -0.25) is 4.68 Å². The highest BCUT2D eigenvalue weighted by atomic mass is 35.5. The van der Waals surface area contributed by atoms with Gasteiger partial charge in [-0.1, -0.05) is 29.8 Å². The maximum absolute atomic E-state index is 10.7. The van der Waals surface area contributed by atoms with Crippen molar-refractivity contribution < 1.29 is 9.84 Å². The minimum atomic E-state index is -0.726. The fourth-order valence-electron chi connectivity index (χ4n) is 2.68. The number of aliphatic hydroxyl groups excluding tert-OH is 1. The van der Waals surface area contributed by atoms with E-state index in [1.807, 2.05) is 38.1 Å². The van der Waals surface area contributed by atoms with Gasteiger partial charge in [-0.2, -0.15) is 5.10 Å². The lowest BCUT2D eigenvalue weighted by Crippen LogP contribution is -2.18. The standard InChI is InChI=1S/C15H17ClN2O2/c1-9(2)18-14(12(16)7-17-18)15(19)11-8-20-13-6-4-3-5-10(11)13/h3-7,9,11,15,19H,8H2,1-2H3. The summed E-state index contributed by atoms with van der Waals surface area (Å²) in [5.41, 5.74) is 1.68. The molecular formula is C15H17ClN2O2. The van der Waals surface area contributed by atoms with Gasteiger partial charge in [0.1, 0.15) is 11.9 Å². The Morgan fingerprint density at radius 1 is 1.40 bits per heavy atom. The number of nitrogens with zero attached hydrogens (tertiary/aromatic N) is 2. The summed E-state index contributed by atoms with van der Waals surface area (Å²) in [6.45, 7) is 4.48. The van der Waals surface area contributed by atoms with Gasteiger partial charge >= 0.3 is 0 Å². The Bertz CT molecular complexity index is 624. The van der Waals surface area contributed by atoms with Gasteiger partial charge in [-0.05, 0) is 19.9 Å². The topological polar surface area (TPSA) is 47.3 Å². The van der Waals surface area contributed by atoms with E-state index in [4.69, 9.17) is 16.3 Å². The Labute approximate surface area is 122 Å². The zero-order chi connectivity index (χ0) is 14.3. The van der Waals surface area contributed by atoms with Crippen LogP contribution in [-0.2, 0) is 0 Å². The Morgan fingerprint density at radius 2 is 2.15 bits per heavy atom. The molecule has 2 unspecified atom stereocenters.